The fourth-order valence-electron chi connectivity index (χ4n) is 4.46. The number of benzene rings is 1. The normalized spacial score (nSPS) is 24.5. The molecule has 1 aromatic carbocycles. The molecule has 0 aliphatic carbocycles. The van der Waals surface area contributed by atoms with Crippen molar-refractivity contribution >= 4 is 0 Å². The fourth-order valence-corrected chi connectivity index (χ4v) is 4.46. The molecule has 4 rings (SSSR count). The molecule has 2 saturated heterocycles. The minimum atomic E-state index is -0.271. The standard InChI is InChI=1S/C22H29FN2O3/c23-21-4-2-1-3-20(21)22-6-5-19(28-22)15-25-13-17(11-18(14-25)16-26)12-24-7-9-27-10-8-24/h1-6,17-18,26H,7-16H2. The lowest BCUT2D eigenvalue weighted by molar-refractivity contribution is 0.0109. The molecule has 0 bridgehead atoms. The Hall–Kier alpha value is -1.73. The number of aliphatic hydroxyl groups is 1. The summed E-state index contributed by atoms with van der Waals surface area (Å²) >= 11 is 0. The van der Waals surface area contributed by atoms with Gasteiger partial charge in [0.15, 0.2) is 0 Å². The molecule has 1 N–H and O–H groups in total. The number of ether oxygens (including phenoxy) is 1. The molecule has 6 heteroatoms. The average molecular weight is 388 g/mol. The van der Waals surface area contributed by atoms with E-state index in [0.717, 1.165) is 58.1 Å². The van der Waals surface area contributed by atoms with E-state index < -0.39 is 0 Å². The van der Waals surface area contributed by atoms with Gasteiger partial charge in [-0.3, -0.25) is 9.80 Å². The van der Waals surface area contributed by atoms with Gasteiger partial charge in [-0.2, -0.15) is 0 Å². The average Bonchev–Trinajstić information content (AvgIpc) is 3.17. The van der Waals surface area contributed by atoms with E-state index in [9.17, 15) is 9.50 Å². The molecule has 2 aliphatic rings. The number of halogens is 1. The lowest BCUT2D eigenvalue weighted by Crippen LogP contribution is -2.47. The van der Waals surface area contributed by atoms with Crippen LogP contribution >= 0.6 is 0 Å². The van der Waals surface area contributed by atoms with Crippen LogP contribution < -0.4 is 0 Å². The minimum Gasteiger partial charge on any atom is -0.460 e. The van der Waals surface area contributed by atoms with Gasteiger partial charge in [-0.25, -0.2) is 4.39 Å². The van der Waals surface area contributed by atoms with E-state index in [0.29, 0.717) is 29.7 Å². The highest BCUT2D eigenvalue weighted by Gasteiger charge is 2.29. The predicted molar refractivity (Wildman–Crippen MR) is 105 cm³/mol. The first-order valence-electron chi connectivity index (χ1n) is 10.2. The second-order valence-corrected chi connectivity index (χ2v) is 8.00. The number of rotatable bonds is 6. The van der Waals surface area contributed by atoms with Crippen molar-refractivity contribution in [3.63, 3.8) is 0 Å². The summed E-state index contributed by atoms with van der Waals surface area (Å²) in [6.07, 6.45) is 1.06. The number of furan rings is 1. The quantitative estimate of drug-likeness (QED) is 0.825. The van der Waals surface area contributed by atoms with Gasteiger partial charge >= 0.3 is 0 Å². The van der Waals surface area contributed by atoms with Gasteiger partial charge in [-0.05, 0) is 42.5 Å². The smallest absolute Gasteiger partial charge is 0.137 e. The van der Waals surface area contributed by atoms with E-state index in [-0.39, 0.29) is 12.4 Å². The van der Waals surface area contributed by atoms with E-state index in [1.54, 1.807) is 12.1 Å². The molecule has 152 valence electrons. The van der Waals surface area contributed by atoms with E-state index in [4.69, 9.17) is 9.15 Å². The van der Waals surface area contributed by atoms with Crippen molar-refractivity contribution in [1.29, 1.82) is 0 Å². The molecule has 0 saturated carbocycles. The Morgan fingerprint density at radius 3 is 2.57 bits per heavy atom. The lowest BCUT2D eigenvalue weighted by Gasteiger charge is -2.39. The highest BCUT2D eigenvalue weighted by Crippen LogP contribution is 2.28. The van der Waals surface area contributed by atoms with Gasteiger partial charge in [0.1, 0.15) is 17.3 Å². The van der Waals surface area contributed by atoms with Crippen LogP contribution in [0.15, 0.2) is 40.8 Å². The first-order chi connectivity index (χ1) is 13.7. The van der Waals surface area contributed by atoms with Crippen molar-refractivity contribution in [3.8, 4) is 11.3 Å². The molecule has 1 aromatic heterocycles. The molecule has 0 amide bonds. The molecule has 0 radical (unpaired) electrons. The SMILES string of the molecule is OCC1CC(CN2CCOCC2)CN(Cc2ccc(-c3ccccc3F)o2)C1. The molecule has 2 aliphatic heterocycles. The van der Waals surface area contributed by atoms with Gasteiger partial charge in [0.05, 0.1) is 25.3 Å². The first-order valence-corrected chi connectivity index (χ1v) is 10.2. The Morgan fingerprint density at radius 2 is 1.79 bits per heavy atom. The number of hydrogen-bond donors (Lipinski definition) is 1. The van der Waals surface area contributed by atoms with Crippen LogP contribution in [0.4, 0.5) is 4.39 Å². The van der Waals surface area contributed by atoms with Crippen LogP contribution in [0.2, 0.25) is 0 Å². The molecule has 2 fully saturated rings. The van der Waals surface area contributed by atoms with Gasteiger partial charge in [0.2, 0.25) is 0 Å². The van der Waals surface area contributed by atoms with Crippen LogP contribution in [0.3, 0.4) is 0 Å². The Balaban J connectivity index is 1.39. The molecule has 3 heterocycles. The summed E-state index contributed by atoms with van der Waals surface area (Å²) in [6, 6.07) is 10.4. The number of nitrogens with zero attached hydrogens (tertiary/aromatic N) is 2. The monoisotopic (exact) mass is 388 g/mol. The zero-order chi connectivity index (χ0) is 19.3. The van der Waals surface area contributed by atoms with Crippen LogP contribution in [-0.4, -0.2) is 67.5 Å². The Kier molecular flexibility index (Phi) is 6.42. The topological polar surface area (TPSA) is 49.1 Å². The second kappa shape index (κ2) is 9.18. The number of morpholine rings is 1. The summed E-state index contributed by atoms with van der Waals surface area (Å²) in [7, 11) is 0. The molecule has 5 nitrogen and oxygen atoms in total. The van der Waals surface area contributed by atoms with Crippen LogP contribution in [0.1, 0.15) is 12.2 Å². The summed E-state index contributed by atoms with van der Waals surface area (Å²) in [4.78, 5) is 4.83. The third kappa shape index (κ3) is 4.81. The van der Waals surface area contributed by atoms with Crippen LogP contribution in [0.25, 0.3) is 11.3 Å². The Bertz CT molecular complexity index is 760. The molecule has 28 heavy (non-hydrogen) atoms. The first kappa shape index (κ1) is 19.6. The zero-order valence-electron chi connectivity index (χ0n) is 16.2. The van der Waals surface area contributed by atoms with Crippen molar-refractivity contribution in [2.24, 2.45) is 11.8 Å². The van der Waals surface area contributed by atoms with Crippen molar-refractivity contribution < 1.29 is 18.7 Å². The van der Waals surface area contributed by atoms with Crippen molar-refractivity contribution in [1.82, 2.24) is 9.80 Å². The molecule has 2 aromatic rings. The van der Waals surface area contributed by atoms with Crippen LogP contribution in [0, 0.1) is 17.7 Å². The fraction of sp³-hybridized carbons (Fsp3) is 0.545. The summed E-state index contributed by atoms with van der Waals surface area (Å²) in [5.74, 6) is 1.95. The van der Waals surface area contributed by atoms with Crippen LogP contribution in [-0.2, 0) is 11.3 Å². The van der Waals surface area contributed by atoms with E-state index in [1.165, 1.54) is 6.07 Å². The molecule has 2 atom stereocenters. The van der Waals surface area contributed by atoms with Gasteiger partial charge < -0.3 is 14.3 Å². The van der Waals surface area contributed by atoms with E-state index >= 15 is 0 Å². The molecular formula is C22H29FN2O3. The zero-order valence-corrected chi connectivity index (χ0v) is 16.2. The maximum Gasteiger partial charge on any atom is 0.137 e. The lowest BCUT2D eigenvalue weighted by atomic mass is 9.89. The van der Waals surface area contributed by atoms with E-state index in [1.807, 2.05) is 18.2 Å². The summed E-state index contributed by atoms with van der Waals surface area (Å²) in [5.41, 5.74) is 0.492. The third-order valence-electron chi connectivity index (χ3n) is 5.76. The minimum absolute atomic E-state index is 0.217. The molecule has 0 spiro atoms. The van der Waals surface area contributed by atoms with Gasteiger partial charge in [0, 0.05) is 39.3 Å². The summed E-state index contributed by atoms with van der Waals surface area (Å²) < 4.78 is 25.4. The highest BCUT2D eigenvalue weighted by molar-refractivity contribution is 5.58. The van der Waals surface area contributed by atoms with Gasteiger partial charge in [0.25, 0.3) is 0 Å². The molecule has 2 unspecified atom stereocenters. The number of hydrogen-bond acceptors (Lipinski definition) is 5. The number of piperidine rings is 1. The summed E-state index contributed by atoms with van der Waals surface area (Å²) in [6.45, 7) is 7.41. The van der Waals surface area contributed by atoms with Crippen LogP contribution in [0.5, 0.6) is 0 Å². The predicted octanol–water partition coefficient (Wildman–Crippen LogP) is 2.85. The van der Waals surface area contributed by atoms with E-state index in [2.05, 4.69) is 9.80 Å². The largest absolute Gasteiger partial charge is 0.460 e. The summed E-state index contributed by atoms with van der Waals surface area (Å²) in [5, 5.41) is 9.76. The van der Waals surface area contributed by atoms with Crippen molar-refractivity contribution in [2.45, 2.75) is 13.0 Å². The number of likely N-dealkylation sites (tertiary alicyclic amines) is 1. The highest BCUT2D eigenvalue weighted by atomic mass is 19.1. The Labute approximate surface area is 165 Å². The maximum absolute atomic E-state index is 14.0. The maximum atomic E-state index is 14.0. The molecular weight excluding hydrogens is 359 g/mol. The number of aliphatic hydroxyl groups excluding tert-OH is 1. The van der Waals surface area contributed by atoms with Crippen molar-refractivity contribution in [2.75, 3.05) is 52.5 Å². The second-order valence-electron chi connectivity index (χ2n) is 8.00. The Morgan fingerprint density at radius 1 is 1.00 bits per heavy atom. The van der Waals surface area contributed by atoms with Gasteiger partial charge in [-0.1, -0.05) is 12.1 Å². The van der Waals surface area contributed by atoms with Gasteiger partial charge in [-0.15, -0.1) is 0 Å². The van der Waals surface area contributed by atoms with Crippen molar-refractivity contribution in [3.05, 3.63) is 48.0 Å². The third-order valence-corrected chi connectivity index (χ3v) is 5.76.